The summed E-state index contributed by atoms with van der Waals surface area (Å²) in [6.07, 6.45) is -1.91. The number of halogens is 4. The van der Waals surface area contributed by atoms with Crippen LogP contribution in [-0.4, -0.2) is 23.3 Å². The zero-order chi connectivity index (χ0) is 19.3. The number of rotatable bonds is 5. The number of hydrogen-bond donors (Lipinski definition) is 2. The van der Waals surface area contributed by atoms with Crippen molar-refractivity contribution in [1.29, 1.82) is 0 Å². The van der Waals surface area contributed by atoms with Crippen molar-refractivity contribution < 1.29 is 22.8 Å². The zero-order valence-corrected chi connectivity index (χ0v) is 14.0. The van der Waals surface area contributed by atoms with Crippen molar-refractivity contribution >= 4 is 29.1 Å². The van der Waals surface area contributed by atoms with E-state index in [0.717, 1.165) is 12.1 Å². The van der Waals surface area contributed by atoms with E-state index in [-0.39, 0.29) is 23.5 Å². The van der Waals surface area contributed by atoms with Gasteiger partial charge >= 0.3 is 6.18 Å². The molecule has 0 saturated heterocycles. The van der Waals surface area contributed by atoms with Gasteiger partial charge in [-0.2, -0.15) is 13.2 Å². The van der Waals surface area contributed by atoms with Crippen LogP contribution in [0.5, 0.6) is 0 Å². The lowest BCUT2D eigenvalue weighted by Crippen LogP contribution is -2.24. The Balaban J connectivity index is 2.20. The highest BCUT2D eigenvalue weighted by Gasteiger charge is 2.33. The number of nitrogens with one attached hydrogen (secondary N) is 2. The van der Waals surface area contributed by atoms with Crippen LogP contribution in [-0.2, 0) is 6.18 Å². The average molecular weight is 384 g/mol. The van der Waals surface area contributed by atoms with Gasteiger partial charge in [0.15, 0.2) is 0 Å². The molecule has 0 unspecified atom stereocenters. The third kappa shape index (κ3) is 4.82. The maximum absolute atomic E-state index is 12.9. The Labute approximate surface area is 151 Å². The van der Waals surface area contributed by atoms with Crippen molar-refractivity contribution in [2.75, 3.05) is 11.9 Å². The molecule has 9 heteroatoms. The van der Waals surface area contributed by atoms with Crippen molar-refractivity contribution in [3.05, 3.63) is 71.0 Å². The number of anilines is 1. The molecule has 0 fully saturated rings. The minimum atomic E-state index is -4.65. The van der Waals surface area contributed by atoms with E-state index in [2.05, 4.69) is 22.2 Å². The second-order valence-corrected chi connectivity index (χ2v) is 5.48. The second kappa shape index (κ2) is 8.01. The number of amides is 2. The topological polar surface area (TPSA) is 71.1 Å². The molecule has 1 heterocycles. The number of hydrogen-bond acceptors (Lipinski definition) is 3. The number of nitrogens with zero attached hydrogens (tertiary/aromatic N) is 1. The summed E-state index contributed by atoms with van der Waals surface area (Å²) in [7, 11) is 0. The van der Waals surface area contributed by atoms with E-state index in [1.54, 1.807) is 0 Å². The summed E-state index contributed by atoms with van der Waals surface area (Å²) in [6, 6.07) is 5.62. The highest BCUT2D eigenvalue weighted by molar-refractivity contribution is 6.31. The highest BCUT2D eigenvalue weighted by Crippen LogP contribution is 2.36. The second-order valence-electron chi connectivity index (χ2n) is 5.07. The van der Waals surface area contributed by atoms with Gasteiger partial charge in [-0.05, 0) is 30.3 Å². The van der Waals surface area contributed by atoms with E-state index < -0.39 is 28.6 Å². The molecule has 2 N–H and O–H groups in total. The van der Waals surface area contributed by atoms with Crippen molar-refractivity contribution in [3.8, 4) is 0 Å². The molecule has 0 aliphatic rings. The molecular weight excluding hydrogens is 371 g/mol. The van der Waals surface area contributed by atoms with Crippen LogP contribution in [0.15, 0.2) is 49.2 Å². The molecule has 5 nitrogen and oxygen atoms in total. The van der Waals surface area contributed by atoms with Gasteiger partial charge in [-0.3, -0.25) is 14.6 Å². The first-order chi connectivity index (χ1) is 12.2. The van der Waals surface area contributed by atoms with Crippen molar-refractivity contribution in [2.45, 2.75) is 6.18 Å². The molecule has 0 aliphatic carbocycles. The normalized spacial score (nSPS) is 10.9. The lowest BCUT2D eigenvalue weighted by Gasteiger charge is -2.12. The van der Waals surface area contributed by atoms with Crippen LogP contribution in [0.2, 0.25) is 5.02 Å². The van der Waals surface area contributed by atoms with Crippen LogP contribution in [0.4, 0.5) is 18.9 Å². The summed E-state index contributed by atoms with van der Waals surface area (Å²) in [4.78, 5) is 27.9. The van der Waals surface area contributed by atoms with Gasteiger partial charge in [-0.25, -0.2) is 0 Å². The first kappa shape index (κ1) is 19.5. The van der Waals surface area contributed by atoms with Gasteiger partial charge in [-0.1, -0.05) is 17.7 Å². The van der Waals surface area contributed by atoms with E-state index in [4.69, 9.17) is 11.6 Å². The SMILES string of the molecule is C=CCNC(=O)c1ccnc(C(=O)Nc2ccc(Cl)c(C(F)(F)F)c2)c1. The van der Waals surface area contributed by atoms with Gasteiger partial charge in [0.1, 0.15) is 5.69 Å². The molecule has 2 aromatic rings. The van der Waals surface area contributed by atoms with Gasteiger partial charge in [0.2, 0.25) is 0 Å². The monoisotopic (exact) mass is 383 g/mol. The molecule has 0 spiro atoms. The lowest BCUT2D eigenvalue weighted by molar-refractivity contribution is -0.137. The molecule has 1 aromatic heterocycles. The van der Waals surface area contributed by atoms with Crippen molar-refractivity contribution in [2.24, 2.45) is 0 Å². The van der Waals surface area contributed by atoms with Crippen LogP contribution in [0.1, 0.15) is 26.4 Å². The van der Waals surface area contributed by atoms with E-state index >= 15 is 0 Å². The molecule has 1 aromatic carbocycles. The van der Waals surface area contributed by atoms with Crippen molar-refractivity contribution in [1.82, 2.24) is 10.3 Å². The molecule has 2 rings (SSSR count). The first-order valence-electron chi connectivity index (χ1n) is 7.25. The Morgan fingerprint density at radius 2 is 1.92 bits per heavy atom. The Kier molecular flexibility index (Phi) is 5.99. The fourth-order valence-electron chi connectivity index (χ4n) is 1.98. The number of benzene rings is 1. The molecule has 2 amide bonds. The molecule has 0 saturated carbocycles. The number of alkyl halides is 3. The Morgan fingerprint density at radius 1 is 1.19 bits per heavy atom. The molecular formula is C17H13ClF3N3O2. The summed E-state index contributed by atoms with van der Waals surface area (Å²) in [6.45, 7) is 3.71. The Morgan fingerprint density at radius 3 is 2.58 bits per heavy atom. The van der Waals surface area contributed by atoms with Gasteiger partial charge < -0.3 is 10.6 Å². The minimum Gasteiger partial charge on any atom is -0.349 e. The van der Waals surface area contributed by atoms with Crippen LogP contribution in [0, 0.1) is 0 Å². The minimum absolute atomic E-state index is 0.102. The van der Waals surface area contributed by atoms with Crippen LogP contribution in [0.3, 0.4) is 0 Å². The fourth-order valence-corrected chi connectivity index (χ4v) is 2.20. The van der Waals surface area contributed by atoms with Crippen LogP contribution in [0.25, 0.3) is 0 Å². The standard InChI is InChI=1S/C17H13ClF3N3O2/c1-2-6-23-15(25)10-5-7-22-14(8-10)16(26)24-11-3-4-13(18)12(9-11)17(19,20)21/h2-5,7-9H,1,6H2,(H,23,25)(H,24,26). The van der Waals surface area contributed by atoms with Crippen LogP contribution < -0.4 is 10.6 Å². The van der Waals surface area contributed by atoms with Gasteiger partial charge in [0.05, 0.1) is 10.6 Å². The Bertz CT molecular complexity index is 853. The molecule has 26 heavy (non-hydrogen) atoms. The molecule has 0 aliphatic heterocycles. The van der Waals surface area contributed by atoms with E-state index in [9.17, 15) is 22.8 Å². The predicted octanol–water partition coefficient (Wildman–Crippen LogP) is 3.92. The molecule has 0 atom stereocenters. The van der Waals surface area contributed by atoms with Gasteiger partial charge in [0.25, 0.3) is 11.8 Å². The first-order valence-corrected chi connectivity index (χ1v) is 7.63. The number of pyridine rings is 1. The average Bonchev–Trinajstić information content (AvgIpc) is 2.60. The van der Waals surface area contributed by atoms with Crippen LogP contribution >= 0.6 is 11.6 Å². The van der Waals surface area contributed by atoms with Gasteiger partial charge in [-0.15, -0.1) is 6.58 Å². The maximum atomic E-state index is 12.9. The van der Waals surface area contributed by atoms with Gasteiger partial charge in [0, 0.05) is 24.0 Å². The van der Waals surface area contributed by atoms with E-state index in [0.29, 0.717) is 0 Å². The Hall–Kier alpha value is -2.87. The summed E-state index contributed by atoms with van der Waals surface area (Å²) in [5, 5.41) is 4.36. The zero-order valence-electron chi connectivity index (χ0n) is 13.2. The number of carbonyl (C=O) groups is 2. The summed E-state index contributed by atoms with van der Waals surface area (Å²) >= 11 is 5.54. The number of carbonyl (C=O) groups excluding carboxylic acids is 2. The fraction of sp³-hybridized carbons (Fsp3) is 0.118. The third-order valence-corrected chi connectivity index (χ3v) is 3.52. The molecule has 0 bridgehead atoms. The summed E-state index contributed by atoms with van der Waals surface area (Å²) in [5.41, 5.74) is -1.11. The largest absolute Gasteiger partial charge is 0.417 e. The maximum Gasteiger partial charge on any atom is 0.417 e. The summed E-state index contributed by atoms with van der Waals surface area (Å²) < 4.78 is 38.6. The lowest BCUT2D eigenvalue weighted by atomic mass is 10.1. The molecule has 136 valence electrons. The van der Waals surface area contributed by atoms with Crippen molar-refractivity contribution in [3.63, 3.8) is 0 Å². The smallest absolute Gasteiger partial charge is 0.349 e. The molecule has 0 radical (unpaired) electrons. The third-order valence-electron chi connectivity index (χ3n) is 3.19. The summed E-state index contributed by atoms with van der Waals surface area (Å²) in [5.74, 6) is -1.20. The predicted molar refractivity (Wildman–Crippen MR) is 91.2 cm³/mol. The highest BCUT2D eigenvalue weighted by atomic mass is 35.5. The van der Waals surface area contributed by atoms with E-state index in [1.165, 1.54) is 30.5 Å². The number of aromatic nitrogens is 1. The van der Waals surface area contributed by atoms with E-state index in [1.807, 2.05) is 0 Å². The quantitative estimate of drug-likeness (QED) is 0.769.